The van der Waals surface area contributed by atoms with Crippen LogP contribution < -0.4 is 10.1 Å². The molecule has 0 aliphatic carbocycles. The van der Waals surface area contributed by atoms with Crippen molar-refractivity contribution >= 4 is 27.4 Å². The van der Waals surface area contributed by atoms with Crippen molar-refractivity contribution in [1.82, 2.24) is 15.2 Å². The molecule has 0 saturated carbocycles. The van der Waals surface area contributed by atoms with E-state index in [1.54, 1.807) is 6.20 Å². The van der Waals surface area contributed by atoms with E-state index in [9.17, 15) is 0 Å². The predicted octanol–water partition coefficient (Wildman–Crippen LogP) is 3.49. The van der Waals surface area contributed by atoms with Crippen molar-refractivity contribution in [3.63, 3.8) is 0 Å². The van der Waals surface area contributed by atoms with Crippen molar-refractivity contribution in [3.8, 4) is 5.75 Å². The van der Waals surface area contributed by atoms with Crippen LogP contribution in [0.2, 0.25) is 0 Å². The molecule has 0 unspecified atom stereocenters. The Bertz CT molecular complexity index is 728. The molecule has 3 aromatic rings. The van der Waals surface area contributed by atoms with Gasteiger partial charge in [-0.25, -0.2) is 0 Å². The number of benzene rings is 1. The quantitative estimate of drug-likeness (QED) is 0.755. The number of rotatable bonds is 6. The fraction of sp³-hybridized carbons (Fsp3) is 0.267. The lowest BCUT2D eigenvalue weighted by Crippen LogP contribution is -1.98. The largest absolute Gasteiger partial charge is 0.486 e. The predicted molar refractivity (Wildman–Crippen MR) is 84.8 cm³/mol. The van der Waals surface area contributed by atoms with Crippen molar-refractivity contribution in [2.24, 2.45) is 0 Å². The van der Waals surface area contributed by atoms with Crippen LogP contribution in [0.4, 0.5) is 5.13 Å². The van der Waals surface area contributed by atoms with Gasteiger partial charge in [-0.05, 0) is 24.6 Å². The second kappa shape index (κ2) is 6.49. The second-order valence-corrected chi connectivity index (χ2v) is 5.64. The molecule has 5 nitrogen and oxygen atoms in total. The zero-order chi connectivity index (χ0) is 14.5. The number of nitrogens with one attached hydrogen (secondary N) is 1. The standard InChI is InChI=1S/C15H16N4OS/c1-2-7-17-15-19-18-14(21-15)10-20-12-6-5-11-4-3-8-16-13(11)9-12/h3-6,8-9H,2,7,10H2,1H3,(H,17,19). The maximum Gasteiger partial charge on any atom is 0.205 e. The van der Waals surface area contributed by atoms with Crippen LogP contribution in [0, 0.1) is 0 Å². The van der Waals surface area contributed by atoms with Crippen LogP contribution in [0.1, 0.15) is 18.4 Å². The first kappa shape index (κ1) is 13.8. The van der Waals surface area contributed by atoms with Crippen LogP contribution >= 0.6 is 11.3 Å². The highest BCUT2D eigenvalue weighted by Crippen LogP contribution is 2.21. The zero-order valence-corrected chi connectivity index (χ0v) is 12.6. The third-order valence-corrected chi connectivity index (χ3v) is 3.79. The molecule has 2 heterocycles. The number of ether oxygens (including phenoxy) is 1. The van der Waals surface area contributed by atoms with Crippen molar-refractivity contribution < 1.29 is 4.74 Å². The van der Waals surface area contributed by atoms with E-state index in [0.29, 0.717) is 6.61 Å². The van der Waals surface area contributed by atoms with Crippen LogP contribution in [0.3, 0.4) is 0 Å². The molecule has 0 spiro atoms. The molecule has 0 aliphatic rings. The summed E-state index contributed by atoms with van der Waals surface area (Å²) >= 11 is 1.52. The van der Waals surface area contributed by atoms with Crippen molar-refractivity contribution in [2.45, 2.75) is 20.0 Å². The summed E-state index contributed by atoms with van der Waals surface area (Å²) in [7, 11) is 0. The molecular weight excluding hydrogens is 284 g/mol. The lowest BCUT2D eigenvalue weighted by molar-refractivity contribution is 0.305. The minimum absolute atomic E-state index is 0.420. The smallest absolute Gasteiger partial charge is 0.205 e. The molecule has 21 heavy (non-hydrogen) atoms. The fourth-order valence-electron chi connectivity index (χ4n) is 1.90. The third kappa shape index (κ3) is 3.46. The van der Waals surface area contributed by atoms with Gasteiger partial charge in [-0.3, -0.25) is 4.98 Å². The normalized spacial score (nSPS) is 10.7. The van der Waals surface area contributed by atoms with E-state index in [4.69, 9.17) is 4.74 Å². The summed E-state index contributed by atoms with van der Waals surface area (Å²) in [6.45, 7) is 3.45. The first-order chi connectivity index (χ1) is 10.3. The summed E-state index contributed by atoms with van der Waals surface area (Å²) < 4.78 is 5.76. The molecule has 108 valence electrons. The van der Waals surface area contributed by atoms with Gasteiger partial charge in [0.15, 0.2) is 5.01 Å². The molecule has 0 amide bonds. The first-order valence-corrected chi connectivity index (χ1v) is 7.70. The number of nitrogens with zero attached hydrogens (tertiary/aromatic N) is 3. The van der Waals surface area contributed by atoms with Crippen molar-refractivity contribution in [1.29, 1.82) is 0 Å². The highest BCUT2D eigenvalue weighted by Gasteiger charge is 2.05. The zero-order valence-electron chi connectivity index (χ0n) is 11.7. The Labute approximate surface area is 127 Å². The van der Waals surface area contributed by atoms with Gasteiger partial charge < -0.3 is 10.1 Å². The number of fused-ring (bicyclic) bond motifs is 1. The monoisotopic (exact) mass is 300 g/mol. The minimum atomic E-state index is 0.420. The second-order valence-electron chi connectivity index (χ2n) is 4.57. The van der Waals surface area contributed by atoms with E-state index in [-0.39, 0.29) is 0 Å². The van der Waals surface area contributed by atoms with Crippen LogP contribution in [0.15, 0.2) is 36.5 Å². The lowest BCUT2D eigenvalue weighted by atomic mass is 10.2. The molecule has 0 atom stereocenters. The molecule has 3 rings (SSSR count). The van der Waals surface area contributed by atoms with Crippen molar-refractivity contribution in [2.75, 3.05) is 11.9 Å². The van der Waals surface area contributed by atoms with Crippen LogP contribution in [-0.2, 0) is 6.61 Å². The highest BCUT2D eigenvalue weighted by atomic mass is 32.1. The number of hydrogen-bond donors (Lipinski definition) is 1. The Morgan fingerprint density at radius 1 is 1.24 bits per heavy atom. The van der Waals surface area contributed by atoms with Crippen LogP contribution in [0.25, 0.3) is 10.9 Å². The van der Waals surface area contributed by atoms with E-state index in [2.05, 4.69) is 27.4 Å². The Morgan fingerprint density at radius 3 is 3.10 bits per heavy atom. The van der Waals surface area contributed by atoms with E-state index in [1.807, 2.05) is 30.3 Å². The Hall–Kier alpha value is -2.21. The Kier molecular flexibility index (Phi) is 4.25. The molecule has 1 N–H and O–H groups in total. The molecule has 2 aromatic heterocycles. The van der Waals surface area contributed by atoms with Gasteiger partial charge in [0.05, 0.1) is 5.52 Å². The van der Waals surface area contributed by atoms with Gasteiger partial charge in [0.2, 0.25) is 5.13 Å². The average molecular weight is 300 g/mol. The van der Waals surface area contributed by atoms with E-state index in [0.717, 1.165) is 39.8 Å². The van der Waals surface area contributed by atoms with Gasteiger partial charge in [-0.15, -0.1) is 10.2 Å². The van der Waals surface area contributed by atoms with Gasteiger partial charge >= 0.3 is 0 Å². The Morgan fingerprint density at radius 2 is 2.19 bits per heavy atom. The number of pyridine rings is 1. The molecular formula is C15H16N4OS. The van der Waals surface area contributed by atoms with Crippen molar-refractivity contribution in [3.05, 3.63) is 41.5 Å². The number of anilines is 1. The third-order valence-electron chi connectivity index (χ3n) is 2.93. The summed E-state index contributed by atoms with van der Waals surface area (Å²) in [5, 5.41) is 14.2. The number of aromatic nitrogens is 3. The SMILES string of the molecule is CCCNc1nnc(COc2ccc3cccnc3c2)s1. The Balaban J connectivity index is 1.64. The maximum absolute atomic E-state index is 5.76. The molecule has 0 saturated heterocycles. The van der Waals surface area contributed by atoms with Crippen LogP contribution in [-0.4, -0.2) is 21.7 Å². The summed E-state index contributed by atoms with van der Waals surface area (Å²) in [5.41, 5.74) is 0.928. The number of hydrogen-bond acceptors (Lipinski definition) is 6. The first-order valence-electron chi connectivity index (χ1n) is 6.89. The van der Waals surface area contributed by atoms with Gasteiger partial charge in [0, 0.05) is 24.2 Å². The molecule has 0 fully saturated rings. The van der Waals surface area contributed by atoms with Gasteiger partial charge in [-0.2, -0.15) is 0 Å². The van der Waals surface area contributed by atoms with Gasteiger partial charge in [-0.1, -0.05) is 24.3 Å². The molecule has 1 aromatic carbocycles. The lowest BCUT2D eigenvalue weighted by Gasteiger charge is -2.04. The van der Waals surface area contributed by atoms with E-state index < -0.39 is 0 Å². The minimum Gasteiger partial charge on any atom is -0.486 e. The highest BCUT2D eigenvalue weighted by molar-refractivity contribution is 7.15. The molecule has 0 radical (unpaired) electrons. The van der Waals surface area contributed by atoms with E-state index >= 15 is 0 Å². The summed E-state index contributed by atoms with van der Waals surface area (Å²) in [6, 6.07) is 9.84. The summed E-state index contributed by atoms with van der Waals surface area (Å²) in [5.74, 6) is 0.791. The molecule has 0 bridgehead atoms. The molecule has 6 heteroatoms. The topological polar surface area (TPSA) is 59.9 Å². The summed E-state index contributed by atoms with van der Waals surface area (Å²) in [4.78, 5) is 4.32. The van der Waals surface area contributed by atoms with Gasteiger partial charge in [0.1, 0.15) is 12.4 Å². The summed E-state index contributed by atoms with van der Waals surface area (Å²) in [6.07, 6.45) is 2.85. The van der Waals surface area contributed by atoms with Crippen LogP contribution in [0.5, 0.6) is 5.75 Å². The fourth-order valence-corrected chi connectivity index (χ4v) is 2.57. The molecule has 0 aliphatic heterocycles. The average Bonchev–Trinajstić information content (AvgIpc) is 2.98. The van der Waals surface area contributed by atoms with Gasteiger partial charge in [0.25, 0.3) is 0 Å². The maximum atomic E-state index is 5.76. The van der Waals surface area contributed by atoms with E-state index in [1.165, 1.54) is 11.3 Å².